The lowest BCUT2D eigenvalue weighted by Crippen LogP contribution is -2.45. The second-order valence-corrected chi connectivity index (χ2v) is 6.98. The quantitative estimate of drug-likeness (QED) is 0.793. The van der Waals surface area contributed by atoms with Crippen molar-refractivity contribution in [3.63, 3.8) is 0 Å². The van der Waals surface area contributed by atoms with Crippen LogP contribution in [0.15, 0.2) is 0 Å². The van der Waals surface area contributed by atoms with E-state index in [1.807, 2.05) is 11.8 Å². The number of hydrogen-bond donors (Lipinski definition) is 2. The first-order valence-electron chi connectivity index (χ1n) is 7.55. The molecular formula is C14H27N3OS. The van der Waals surface area contributed by atoms with Crippen LogP contribution in [0.4, 0.5) is 0 Å². The van der Waals surface area contributed by atoms with E-state index in [0.29, 0.717) is 17.0 Å². The van der Waals surface area contributed by atoms with Gasteiger partial charge in [-0.25, -0.2) is 0 Å². The van der Waals surface area contributed by atoms with Crippen LogP contribution < -0.4 is 10.6 Å². The molecule has 0 aliphatic carbocycles. The number of thioether (sulfide) groups is 1. The van der Waals surface area contributed by atoms with E-state index in [1.54, 1.807) is 0 Å². The number of piperidine rings is 2. The van der Waals surface area contributed by atoms with Gasteiger partial charge in [0.15, 0.2) is 0 Å². The molecule has 0 bridgehead atoms. The average Bonchev–Trinajstić information content (AvgIpc) is 2.45. The Bertz CT molecular complexity index is 282. The summed E-state index contributed by atoms with van der Waals surface area (Å²) in [6.07, 6.45) is 6.21. The Balaban J connectivity index is 1.58. The van der Waals surface area contributed by atoms with Gasteiger partial charge in [0.25, 0.3) is 0 Å². The van der Waals surface area contributed by atoms with E-state index < -0.39 is 0 Å². The Morgan fingerprint density at radius 1 is 1.32 bits per heavy atom. The molecule has 2 heterocycles. The molecule has 19 heavy (non-hydrogen) atoms. The molecule has 2 N–H and O–H groups in total. The maximum atomic E-state index is 11.9. The van der Waals surface area contributed by atoms with Crippen molar-refractivity contribution in [1.29, 1.82) is 0 Å². The van der Waals surface area contributed by atoms with Crippen LogP contribution in [0, 0.1) is 0 Å². The highest BCUT2D eigenvalue weighted by atomic mass is 32.2. The standard InChI is InChI=1S/C14H27N3OS/c1-17-9-3-2-4-12(17)10-16-14(18)11-19-13-5-7-15-8-6-13/h12-13,15H,2-11H2,1H3,(H,16,18). The van der Waals surface area contributed by atoms with Gasteiger partial charge in [-0.2, -0.15) is 0 Å². The minimum Gasteiger partial charge on any atom is -0.354 e. The Kier molecular flexibility index (Phi) is 6.47. The van der Waals surface area contributed by atoms with Gasteiger partial charge >= 0.3 is 0 Å². The lowest BCUT2D eigenvalue weighted by Gasteiger charge is -2.32. The lowest BCUT2D eigenvalue weighted by molar-refractivity contribution is -0.118. The van der Waals surface area contributed by atoms with E-state index in [4.69, 9.17) is 0 Å². The summed E-state index contributed by atoms with van der Waals surface area (Å²) in [5, 5.41) is 7.13. The number of amides is 1. The highest BCUT2D eigenvalue weighted by molar-refractivity contribution is 8.00. The predicted octanol–water partition coefficient (Wildman–Crippen LogP) is 1.07. The summed E-state index contributed by atoms with van der Waals surface area (Å²) < 4.78 is 0. The van der Waals surface area contributed by atoms with Gasteiger partial charge in [0, 0.05) is 17.8 Å². The van der Waals surface area contributed by atoms with Crippen LogP contribution in [0.25, 0.3) is 0 Å². The molecule has 1 unspecified atom stereocenters. The summed E-state index contributed by atoms with van der Waals surface area (Å²) in [5.74, 6) is 0.837. The zero-order chi connectivity index (χ0) is 13.5. The highest BCUT2D eigenvalue weighted by Gasteiger charge is 2.20. The molecule has 110 valence electrons. The van der Waals surface area contributed by atoms with Crippen LogP contribution in [-0.4, -0.2) is 61.1 Å². The van der Waals surface area contributed by atoms with Crippen molar-refractivity contribution < 1.29 is 4.79 Å². The van der Waals surface area contributed by atoms with E-state index in [9.17, 15) is 4.79 Å². The molecule has 0 radical (unpaired) electrons. The normalized spacial score (nSPS) is 26.3. The van der Waals surface area contributed by atoms with Gasteiger partial charge in [0.2, 0.25) is 5.91 Å². The van der Waals surface area contributed by atoms with Crippen molar-refractivity contribution in [2.24, 2.45) is 0 Å². The summed E-state index contributed by atoms with van der Waals surface area (Å²) in [7, 11) is 2.17. The number of likely N-dealkylation sites (N-methyl/N-ethyl adjacent to an activating group) is 1. The maximum Gasteiger partial charge on any atom is 0.230 e. The van der Waals surface area contributed by atoms with Crippen molar-refractivity contribution >= 4 is 17.7 Å². The molecule has 2 rings (SSSR count). The Labute approximate surface area is 121 Å². The van der Waals surface area contributed by atoms with Crippen LogP contribution in [-0.2, 0) is 4.79 Å². The summed E-state index contributed by atoms with van der Waals surface area (Å²) >= 11 is 1.83. The first-order chi connectivity index (χ1) is 9.25. The molecule has 5 heteroatoms. The molecule has 1 amide bonds. The number of rotatable bonds is 5. The molecular weight excluding hydrogens is 258 g/mol. The third-order valence-electron chi connectivity index (χ3n) is 4.19. The molecule has 0 saturated carbocycles. The number of carbonyl (C=O) groups is 1. The molecule has 0 aromatic rings. The zero-order valence-corrected chi connectivity index (χ0v) is 12.8. The highest BCUT2D eigenvalue weighted by Crippen LogP contribution is 2.19. The van der Waals surface area contributed by atoms with Crippen LogP contribution in [0.1, 0.15) is 32.1 Å². The lowest BCUT2D eigenvalue weighted by atomic mass is 10.0. The number of likely N-dealkylation sites (tertiary alicyclic amines) is 1. The van der Waals surface area contributed by atoms with E-state index >= 15 is 0 Å². The molecule has 0 aromatic carbocycles. The molecule has 2 fully saturated rings. The fraction of sp³-hybridized carbons (Fsp3) is 0.929. The molecule has 0 aromatic heterocycles. The van der Waals surface area contributed by atoms with E-state index in [2.05, 4.69) is 22.6 Å². The van der Waals surface area contributed by atoms with Crippen molar-refractivity contribution in [2.75, 3.05) is 39.0 Å². The molecule has 2 aliphatic heterocycles. The van der Waals surface area contributed by atoms with E-state index in [-0.39, 0.29) is 5.91 Å². The Morgan fingerprint density at radius 3 is 2.84 bits per heavy atom. The first-order valence-corrected chi connectivity index (χ1v) is 8.60. The third kappa shape index (κ3) is 5.32. The van der Waals surface area contributed by atoms with Gasteiger partial charge in [-0.1, -0.05) is 6.42 Å². The Morgan fingerprint density at radius 2 is 2.11 bits per heavy atom. The summed E-state index contributed by atoms with van der Waals surface area (Å²) in [4.78, 5) is 14.2. The van der Waals surface area contributed by atoms with Crippen LogP contribution >= 0.6 is 11.8 Å². The SMILES string of the molecule is CN1CCCCC1CNC(=O)CSC1CCNCC1. The molecule has 4 nitrogen and oxygen atoms in total. The number of nitrogens with zero attached hydrogens (tertiary/aromatic N) is 1. The predicted molar refractivity (Wildman–Crippen MR) is 81.6 cm³/mol. The monoisotopic (exact) mass is 285 g/mol. The second-order valence-electron chi connectivity index (χ2n) is 5.69. The average molecular weight is 285 g/mol. The summed E-state index contributed by atoms with van der Waals surface area (Å²) in [5.41, 5.74) is 0. The van der Waals surface area contributed by atoms with Gasteiger partial charge in [-0.15, -0.1) is 11.8 Å². The van der Waals surface area contributed by atoms with Crippen molar-refractivity contribution in [3.05, 3.63) is 0 Å². The molecule has 0 spiro atoms. The van der Waals surface area contributed by atoms with Crippen LogP contribution in [0.2, 0.25) is 0 Å². The van der Waals surface area contributed by atoms with Crippen molar-refractivity contribution in [1.82, 2.24) is 15.5 Å². The molecule has 2 saturated heterocycles. The number of hydrogen-bond acceptors (Lipinski definition) is 4. The van der Waals surface area contributed by atoms with Crippen LogP contribution in [0.5, 0.6) is 0 Å². The van der Waals surface area contributed by atoms with Gasteiger partial charge < -0.3 is 15.5 Å². The zero-order valence-electron chi connectivity index (χ0n) is 12.0. The minimum atomic E-state index is 0.211. The summed E-state index contributed by atoms with van der Waals surface area (Å²) in [6.45, 7) is 4.20. The Hall–Kier alpha value is -0.260. The van der Waals surface area contributed by atoms with E-state index in [1.165, 1.54) is 38.6 Å². The number of carbonyl (C=O) groups excluding carboxylic acids is 1. The molecule has 2 aliphatic rings. The maximum absolute atomic E-state index is 11.9. The first kappa shape index (κ1) is 15.1. The van der Waals surface area contributed by atoms with Gasteiger partial charge in [-0.05, 0) is 52.4 Å². The fourth-order valence-corrected chi connectivity index (χ4v) is 3.90. The smallest absolute Gasteiger partial charge is 0.230 e. The van der Waals surface area contributed by atoms with Gasteiger partial charge in [0.05, 0.1) is 5.75 Å². The van der Waals surface area contributed by atoms with Crippen molar-refractivity contribution in [2.45, 2.75) is 43.4 Å². The van der Waals surface area contributed by atoms with Gasteiger partial charge in [0.1, 0.15) is 0 Å². The topological polar surface area (TPSA) is 44.4 Å². The molecule has 1 atom stereocenters. The summed E-state index contributed by atoms with van der Waals surface area (Å²) in [6, 6.07) is 0.543. The fourth-order valence-electron chi connectivity index (χ4n) is 2.84. The second kappa shape index (κ2) is 8.12. The van der Waals surface area contributed by atoms with Crippen molar-refractivity contribution in [3.8, 4) is 0 Å². The van der Waals surface area contributed by atoms with E-state index in [0.717, 1.165) is 19.6 Å². The largest absolute Gasteiger partial charge is 0.354 e. The van der Waals surface area contributed by atoms with Crippen LogP contribution in [0.3, 0.4) is 0 Å². The third-order valence-corrected chi connectivity index (χ3v) is 5.56. The van der Waals surface area contributed by atoms with Gasteiger partial charge in [-0.3, -0.25) is 4.79 Å². The number of nitrogens with one attached hydrogen (secondary N) is 2. The minimum absolute atomic E-state index is 0.211.